The predicted octanol–water partition coefficient (Wildman–Crippen LogP) is 0.729. The fraction of sp³-hybridized carbons (Fsp3) is 0.625. The van der Waals surface area contributed by atoms with E-state index in [4.69, 9.17) is 19.9 Å². The minimum atomic E-state index is -1.44. The van der Waals surface area contributed by atoms with Gasteiger partial charge in [-0.2, -0.15) is 5.10 Å². The lowest BCUT2D eigenvalue weighted by molar-refractivity contribution is -0.153. The van der Waals surface area contributed by atoms with Crippen LogP contribution >= 0.6 is 0 Å². The van der Waals surface area contributed by atoms with Crippen LogP contribution < -0.4 is 11.1 Å². The second kappa shape index (κ2) is 11.2. The van der Waals surface area contributed by atoms with Crippen LogP contribution in [0.5, 0.6) is 0 Å². The molecule has 1 amide bonds. The number of aromatic nitrogens is 3. The van der Waals surface area contributed by atoms with Crippen LogP contribution in [0.15, 0.2) is 18.5 Å². The van der Waals surface area contributed by atoms with Gasteiger partial charge in [0.25, 0.3) is 0 Å². The van der Waals surface area contributed by atoms with Gasteiger partial charge in [-0.1, -0.05) is 19.3 Å². The number of ether oxygens (including phenoxy) is 4. The monoisotopic (exact) mass is 535 g/mol. The van der Waals surface area contributed by atoms with E-state index in [9.17, 15) is 24.6 Å². The maximum atomic E-state index is 12.5. The van der Waals surface area contributed by atoms with E-state index in [2.05, 4.69) is 20.1 Å². The topological polar surface area (TPSA) is 197 Å². The molecule has 0 unspecified atom stereocenters. The number of hydrogen-bond acceptors (Lipinski definition) is 12. The first-order valence-electron chi connectivity index (χ1n) is 12.4. The predicted molar refractivity (Wildman–Crippen MR) is 130 cm³/mol. The summed E-state index contributed by atoms with van der Waals surface area (Å²) in [6.45, 7) is 1.92. The Morgan fingerprint density at radius 1 is 1.18 bits per heavy atom. The summed E-state index contributed by atoms with van der Waals surface area (Å²) in [5.74, 6) is -1.00. The normalized spacial score (nSPS) is 26.6. The molecule has 1 saturated carbocycles. The molecule has 0 bridgehead atoms. The molecule has 5 N–H and O–H groups in total. The van der Waals surface area contributed by atoms with E-state index in [1.54, 1.807) is 19.1 Å². The van der Waals surface area contributed by atoms with Gasteiger partial charge in [0.2, 0.25) is 6.79 Å². The highest BCUT2D eigenvalue weighted by molar-refractivity contribution is 5.88. The highest BCUT2D eigenvalue weighted by Crippen LogP contribution is 2.40. The fourth-order valence-electron chi connectivity index (χ4n) is 4.98. The van der Waals surface area contributed by atoms with Gasteiger partial charge in [0, 0.05) is 12.5 Å². The third kappa shape index (κ3) is 5.88. The zero-order valence-corrected chi connectivity index (χ0v) is 21.3. The van der Waals surface area contributed by atoms with Crippen LogP contribution in [0.1, 0.15) is 58.1 Å². The largest absolute Gasteiger partial charge is 0.463 e. The van der Waals surface area contributed by atoms with Crippen LogP contribution in [-0.2, 0) is 34.1 Å². The molecule has 1 saturated heterocycles. The summed E-state index contributed by atoms with van der Waals surface area (Å²) in [6, 6.07) is 3.19. The van der Waals surface area contributed by atoms with Crippen molar-refractivity contribution in [1.29, 1.82) is 0 Å². The average Bonchev–Trinajstić information content (AvgIpc) is 3.39. The summed E-state index contributed by atoms with van der Waals surface area (Å²) in [6.07, 6.45) is 1.16. The SMILES string of the molecule is CC(=O)OCOC(=O)Nc1ncnn2c([C@]3(C)O[C@H](COC(=O)CC4(N)CCCCC4)[C@@H](O)[C@H]3O)ccc12. The molecule has 2 fully saturated rings. The number of hydrogen-bond donors (Lipinski definition) is 4. The van der Waals surface area contributed by atoms with Crippen molar-refractivity contribution in [3.8, 4) is 0 Å². The number of nitrogens with zero attached hydrogens (tertiary/aromatic N) is 3. The number of fused-ring (bicyclic) bond motifs is 1. The Morgan fingerprint density at radius 2 is 1.92 bits per heavy atom. The second-order valence-electron chi connectivity index (χ2n) is 9.92. The van der Waals surface area contributed by atoms with Gasteiger partial charge in [-0.25, -0.2) is 14.3 Å². The Labute approximate surface area is 218 Å². The Bertz CT molecular complexity index is 1180. The first-order valence-corrected chi connectivity index (χ1v) is 12.4. The number of nitrogens with two attached hydrogens (primary N) is 1. The zero-order valence-electron chi connectivity index (χ0n) is 21.3. The molecular weight excluding hydrogens is 502 g/mol. The molecule has 1 aliphatic carbocycles. The van der Waals surface area contributed by atoms with Gasteiger partial charge >= 0.3 is 18.0 Å². The minimum Gasteiger partial charge on any atom is -0.463 e. The third-order valence-corrected chi connectivity index (χ3v) is 7.05. The molecule has 4 rings (SSSR count). The number of anilines is 1. The summed E-state index contributed by atoms with van der Waals surface area (Å²) in [7, 11) is 0. The maximum Gasteiger partial charge on any atom is 0.415 e. The van der Waals surface area contributed by atoms with Gasteiger partial charge in [0.05, 0.1) is 12.1 Å². The van der Waals surface area contributed by atoms with E-state index in [0.29, 0.717) is 11.2 Å². The standard InChI is InChI=1S/C24H33N5O9/c1-14(30)36-13-37-22(34)28-21-15-6-7-17(29(15)27-12-26-21)23(2)20(33)19(32)16(38-23)11-35-18(31)10-24(25)8-4-3-5-9-24/h6-7,12,16,19-20,32-33H,3-5,8-11,13,25H2,1-2H3,(H,26,27,28,34)/t16-,19-,20-,23+/m1/s1. The van der Waals surface area contributed by atoms with Crippen LogP contribution in [0, 0.1) is 0 Å². The van der Waals surface area contributed by atoms with E-state index >= 15 is 0 Å². The van der Waals surface area contributed by atoms with Crippen molar-refractivity contribution >= 4 is 29.4 Å². The number of amides is 1. The van der Waals surface area contributed by atoms with Crippen LogP contribution in [-0.4, -0.2) is 80.1 Å². The molecule has 1 aliphatic heterocycles. The quantitative estimate of drug-likeness (QED) is 0.273. The van der Waals surface area contributed by atoms with Crippen LogP contribution in [0.3, 0.4) is 0 Å². The average molecular weight is 536 g/mol. The van der Waals surface area contributed by atoms with Crippen molar-refractivity contribution in [1.82, 2.24) is 14.6 Å². The first kappa shape index (κ1) is 27.7. The smallest absolute Gasteiger partial charge is 0.415 e. The Balaban J connectivity index is 1.43. The first-order chi connectivity index (χ1) is 18.0. The van der Waals surface area contributed by atoms with Crippen molar-refractivity contribution in [2.75, 3.05) is 18.7 Å². The highest BCUT2D eigenvalue weighted by atomic mass is 16.7. The van der Waals surface area contributed by atoms with Crippen molar-refractivity contribution < 1.29 is 43.5 Å². The number of esters is 2. The summed E-state index contributed by atoms with van der Waals surface area (Å²) in [5.41, 5.74) is 5.02. The molecule has 2 aromatic rings. The molecule has 2 aromatic heterocycles. The molecule has 208 valence electrons. The van der Waals surface area contributed by atoms with Crippen molar-refractivity contribution in [3.05, 3.63) is 24.2 Å². The van der Waals surface area contributed by atoms with Crippen molar-refractivity contribution in [2.24, 2.45) is 5.73 Å². The molecule has 14 heteroatoms. The molecule has 2 aliphatic rings. The second-order valence-corrected chi connectivity index (χ2v) is 9.92. The van der Waals surface area contributed by atoms with Gasteiger partial charge < -0.3 is 34.9 Å². The number of rotatable bonds is 8. The Hall–Kier alpha value is -3.33. The van der Waals surface area contributed by atoms with Crippen LogP contribution in [0.4, 0.5) is 10.6 Å². The molecular formula is C24H33N5O9. The van der Waals surface area contributed by atoms with Crippen molar-refractivity contribution in [2.45, 2.75) is 81.8 Å². The number of carbonyl (C=O) groups excluding carboxylic acids is 3. The number of aliphatic hydroxyl groups is 2. The fourth-order valence-corrected chi connectivity index (χ4v) is 4.98. The lowest BCUT2D eigenvalue weighted by Crippen LogP contribution is -2.44. The van der Waals surface area contributed by atoms with E-state index < -0.39 is 54.3 Å². The molecule has 0 radical (unpaired) electrons. The summed E-state index contributed by atoms with van der Waals surface area (Å²) in [4.78, 5) is 39.3. The molecule has 3 heterocycles. The van der Waals surface area contributed by atoms with Gasteiger partial charge in [-0.3, -0.25) is 14.9 Å². The van der Waals surface area contributed by atoms with Gasteiger partial charge in [-0.05, 0) is 31.9 Å². The number of carbonyl (C=O) groups is 3. The van der Waals surface area contributed by atoms with E-state index in [1.807, 2.05) is 0 Å². The third-order valence-electron chi connectivity index (χ3n) is 7.05. The summed E-state index contributed by atoms with van der Waals surface area (Å²) < 4.78 is 22.1. The van der Waals surface area contributed by atoms with Gasteiger partial charge in [0.15, 0.2) is 5.82 Å². The van der Waals surface area contributed by atoms with E-state index in [-0.39, 0.29) is 18.8 Å². The lowest BCUT2D eigenvalue weighted by Gasteiger charge is -2.32. The zero-order chi connectivity index (χ0) is 27.5. The number of aliphatic hydroxyl groups excluding tert-OH is 2. The summed E-state index contributed by atoms with van der Waals surface area (Å²) >= 11 is 0. The van der Waals surface area contributed by atoms with Crippen LogP contribution in [0.25, 0.3) is 5.52 Å². The summed E-state index contributed by atoms with van der Waals surface area (Å²) in [5, 5.41) is 28.2. The van der Waals surface area contributed by atoms with E-state index in [0.717, 1.165) is 32.1 Å². The molecule has 0 spiro atoms. The van der Waals surface area contributed by atoms with Crippen LogP contribution in [0.2, 0.25) is 0 Å². The Kier molecular flexibility index (Phi) is 8.16. The molecule has 14 nitrogen and oxygen atoms in total. The highest BCUT2D eigenvalue weighted by Gasteiger charge is 2.54. The maximum absolute atomic E-state index is 12.5. The number of nitrogens with one attached hydrogen (secondary N) is 1. The lowest BCUT2D eigenvalue weighted by atomic mass is 9.80. The molecule has 38 heavy (non-hydrogen) atoms. The van der Waals surface area contributed by atoms with Gasteiger partial charge in [0.1, 0.15) is 42.4 Å². The van der Waals surface area contributed by atoms with Gasteiger partial charge in [-0.15, -0.1) is 0 Å². The minimum absolute atomic E-state index is 0.0784. The Morgan fingerprint density at radius 3 is 2.63 bits per heavy atom. The van der Waals surface area contributed by atoms with E-state index in [1.165, 1.54) is 17.8 Å². The molecule has 0 aromatic carbocycles. The molecule has 4 atom stereocenters. The van der Waals surface area contributed by atoms with Crippen molar-refractivity contribution in [3.63, 3.8) is 0 Å².